The van der Waals surface area contributed by atoms with Crippen LogP contribution in [0.5, 0.6) is 0 Å². The third-order valence-electron chi connectivity index (χ3n) is 4.25. The molecule has 0 aliphatic rings. The van der Waals surface area contributed by atoms with Crippen LogP contribution in [0.25, 0.3) is 11.1 Å². The molecule has 0 heterocycles. The first-order valence-corrected chi connectivity index (χ1v) is 8.49. The first-order chi connectivity index (χ1) is 11.4. The fraction of sp³-hybridized carbons (Fsp3) is 0.381. The number of carbonyl (C=O) groups excluding carboxylic acids is 1. The Kier molecular flexibility index (Phi) is 6.16. The summed E-state index contributed by atoms with van der Waals surface area (Å²) >= 11 is 0. The van der Waals surface area contributed by atoms with Crippen LogP contribution in [-0.2, 0) is 0 Å². The molecule has 0 aliphatic heterocycles. The number of hydrogen-bond acceptors (Lipinski definition) is 2. The quantitative estimate of drug-likeness (QED) is 0.798. The van der Waals surface area contributed by atoms with E-state index in [2.05, 4.69) is 43.0 Å². The topological polar surface area (TPSA) is 23.6 Å². The Morgan fingerprint density at radius 2 is 1.58 bits per heavy atom. The van der Waals surface area contributed by atoms with E-state index in [0.717, 1.165) is 24.2 Å². The van der Waals surface area contributed by atoms with Gasteiger partial charge in [-0.15, -0.1) is 0 Å². The van der Waals surface area contributed by atoms with Crippen LogP contribution in [0.1, 0.15) is 35.7 Å². The summed E-state index contributed by atoms with van der Waals surface area (Å²) in [6.07, 6.45) is 0. The molecule has 0 unspecified atom stereocenters. The van der Waals surface area contributed by atoms with Gasteiger partial charge in [-0.3, -0.25) is 4.79 Å². The van der Waals surface area contributed by atoms with Crippen LogP contribution in [0.15, 0.2) is 48.5 Å². The highest BCUT2D eigenvalue weighted by atomic mass is 16.2. The van der Waals surface area contributed by atoms with Gasteiger partial charge in [0.2, 0.25) is 0 Å². The highest BCUT2D eigenvalue weighted by Crippen LogP contribution is 2.24. The van der Waals surface area contributed by atoms with Crippen molar-refractivity contribution in [2.75, 3.05) is 34.2 Å². The Morgan fingerprint density at radius 3 is 2.17 bits per heavy atom. The number of benzene rings is 2. The van der Waals surface area contributed by atoms with Crippen LogP contribution >= 0.6 is 0 Å². The average molecular weight is 324 g/mol. The van der Waals surface area contributed by atoms with Crippen LogP contribution in [-0.4, -0.2) is 49.9 Å². The van der Waals surface area contributed by atoms with Gasteiger partial charge in [-0.05, 0) is 48.8 Å². The zero-order chi connectivity index (χ0) is 17.7. The molecule has 24 heavy (non-hydrogen) atoms. The lowest BCUT2D eigenvalue weighted by atomic mass is 9.97. The van der Waals surface area contributed by atoms with Gasteiger partial charge in [-0.2, -0.15) is 0 Å². The van der Waals surface area contributed by atoms with E-state index >= 15 is 0 Å². The van der Waals surface area contributed by atoms with E-state index in [1.54, 1.807) is 4.90 Å². The zero-order valence-corrected chi connectivity index (χ0v) is 15.4. The normalized spacial score (nSPS) is 11.1. The van der Waals surface area contributed by atoms with E-state index in [4.69, 9.17) is 0 Å². The van der Waals surface area contributed by atoms with Gasteiger partial charge in [0.15, 0.2) is 0 Å². The number of amides is 1. The molecule has 0 saturated heterocycles. The standard InChI is InChI=1S/C21H28N2O/c1-16(2)19-7-6-8-20(15-19)17-9-11-18(12-10-17)21(24)23(5)14-13-22(3)4/h6-12,15-16H,13-14H2,1-5H3. The largest absolute Gasteiger partial charge is 0.340 e. The van der Waals surface area contributed by atoms with E-state index in [0.29, 0.717) is 5.92 Å². The summed E-state index contributed by atoms with van der Waals surface area (Å²) in [4.78, 5) is 16.3. The molecule has 2 aromatic carbocycles. The third-order valence-corrected chi connectivity index (χ3v) is 4.25. The van der Waals surface area contributed by atoms with Gasteiger partial charge in [0, 0.05) is 25.7 Å². The van der Waals surface area contributed by atoms with E-state index in [-0.39, 0.29) is 5.91 Å². The van der Waals surface area contributed by atoms with Crippen LogP contribution < -0.4 is 0 Å². The Bertz CT molecular complexity index is 674. The summed E-state index contributed by atoms with van der Waals surface area (Å²) in [6, 6.07) is 16.5. The second-order valence-electron chi connectivity index (χ2n) is 6.89. The molecule has 1 amide bonds. The SMILES string of the molecule is CC(C)c1cccc(-c2ccc(C(=O)N(C)CCN(C)C)cc2)c1. The van der Waals surface area contributed by atoms with Crippen molar-refractivity contribution in [3.63, 3.8) is 0 Å². The van der Waals surface area contributed by atoms with Gasteiger partial charge < -0.3 is 9.80 Å². The molecule has 0 radical (unpaired) electrons. The summed E-state index contributed by atoms with van der Waals surface area (Å²) in [5.41, 5.74) is 4.40. The Hall–Kier alpha value is -2.13. The second kappa shape index (κ2) is 8.11. The Balaban J connectivity index is 2.13. The van der Waals surface area contributed by atoms with Crippen LogP contribution in [0.2, 0.25) is 0 Å². The number of carbonyl (C=O) groups is 1. The van der Waals surface area contributed by atoms with E-state index < -0.39 is 0 Å². The molecule has 0 spiro atoms. The molecule has 0 N–H and O–H groups in total. The maximum atomic E-state index is 12.5. The summed E-state index contributed by atoms with van der Waals surface area (Å²) in [5.74, 6) is 0.579. The molecule has 0 fully saturated rings. The average Bonchev–Trinajstić information content (AvgIpc) is 2.59. The maximum absolute atomic E-state index is 12.5. The molecule has 3 nitrogen and oxygen atoms in total. The molecule has 2 rings (SSSR count). The molecule has 0 bridgehead atoms. The van der Waals surface area contributed by atoms with Gasteiger partial charge in [-0.25, -0.2) is 0 Å². The summed E-state index contributed by atoms with van der Waals surface area (Å²) < 4.78 is 0. The minimum Gasteiger partial charge on any atom is -0.340 e. The monoisotopic (exact) mass is 324 g/mol. The molecule has 0 atom stereocenters. The van der Waals surface area contributed by atoms with Crippen molar-refractivity contribution in [2.24, 2.45) is 0 Å². The second-order valence-corrected chi connectivity index (χ2v) is 6.89. The fourth-order valence-corrected chi connectivity index (χ4v) is 2.55. The molecule has 0 aliphatic carbocycles. The van der Waals surface area contributed by atoms with Gasteiger partial charge >= 0.3 is 0 Å². The zero-order valence-electron chi connectivity index (χ0n) is 15.4. The van der Waals surface area contributed by atoms with Crippen LogP contribution in [0, 0.1) is 0 Å². The first kappa shape index (κ1) is 18.2. The van der Waals surface area contributed by atoms with Crippen LogP contribution in [0.3, 0.4) is 0 Å². The fourth-order valence-electron chi connectivity index (χ4n) is 2.55. The lowest BCUT2D eigenvalue weighted by Gasteiger charge is -2.19. The van der Waals surface area contributed by atoms with E-state index in [9.17, 15) is 4.79 Å². The molecule has 128 valence electrons. The predicted octanol–water partition coefficient (Wildman–Crippen LogP) is 4.11. The lowest BCUT2D eigenvalue weighted by Crippen LogP contribution is -2.33. The van der Waals surface area contributed by atoms with Crippen molar-refractivity contribution in [1.82, 2.24) is 9.80 Å². The Labute approximate surface area is 145 Å². The third kappa shape index (κ3) is 4.68. The van der Waals surface area contributed by atoms with E-state index in [1.165, 1.54) is 11.1 Å². The maximum Gasteiger partial charge on any atom is 0.253 e. The molecule has 0 aromatic heterocycles. The lowest BCUT2D eigenvalue weighted by molar-refractivity contribution is 0.0786. The molecular formula is C21H28N2O. The van der Waals surface area contributed by atoms with Crippen molar-refractivity contribution < 1.29 is 4.79 Å². The Morgan fingerprint density at radius 1 is 0.917 bits per heavy atom. The highest BCUT2D eigenvalue weighted by Gasteiger charge is 2.12. The summed E-state index contributed by atoms with van der Waals surface area (Å²) in [6.45, 7) is 5.99. The van der Waals surface area contributed by atoms with Gasteiger partial charge in [0.25, 0.3) is 5.91 Å². The molecular weight excluding hydrogens is 296 g/mol. The first-order valence-electron chi connectivity index (χ1n) is 8.49. The number of nitrogens with zero attached hydrogens (tertiary/aromatic N) is 2. The summed E-state index contributed by atoms with van der Waals surface area (Å²) in [5, 5.41) is 0. The van der Waals surface area contributed by atoms with E-state index in [1.807, 2.05) is 45.4 Å². The smallest absolute Gasteiger partial charge is 0.253 e. The molecule has 0 saturated carbocycles. The highest BCUT2D eigenvalue weighted by molar-refractivity contribution is 5.94. The summed E-state index contributed by atoms with van der Waals surface area (Å²) in [7, 11) is 5.88. The number of likely N-dealkylation sites (N-methyl/N-ethyl adjacent to an activating group) is 2. The van der Waals surface area contributed by atoms with Gasteiger partial charge in [0.05, 0.1) is 0 Å². The van der Waals surface area contributed by atoms with Crippen molar-refractivity contribution in [3.05, 3.63) is 59.7 Å². The number of rotatable bonds is 6. The minimum atomic E-state index is 0.0688. The van der Waals surface area contributed by atoms with Gasteiger partial charge in [0.1, 0.15) is 0 Å². The minimum absolute atomic E-state index is 0.0688. The van der Waals surface area contributed by atoms with Crippen LogP contribution in [0.4, 0.5) is 0 Å². The van der Waals surface area contributed by atoms with Crippen molar-refractivity contribution in [1.29, 1.82) is 0 Å². The van der Waals surface area contributed by atoms with Crippen molar-refractivity contribution in [3.8, 4) is 11.1 Å². The predicted molar refractivity (Wildman–Crippen MR) is 101 cm³/mol. The van der Waals surface area contributed by atoms with Crippen molar-refractivity contribution >= 4 is 5.91 Å². The van der Waals surface area contributed by atoms with Gasteiger partial charge in [-0.1, -0.05) is 50.2 Å². The van der Waals surface area contributed by atoms with Crippen molar-refractivity contribution in [2.45, 2.75) is 19.8 Å². The molecule has 2 aromatic rings. The number of hydrogen-bond donors (Lipinski definition) is 0. The molecule has 3 heteroatoms.